The molecule has 1 aromatic rings. The van der Waals surface area contributed by atoms with Crippen LogP contribution in [0.1, 0.15) is 43.1 Å². The molecule has 3 N–H and O–H groups in total. The average molecular weight is 419 g/mol. The number of ether oxygens (including phenoxy) is 1. The van der Waals surface area contributed by atoms with E-state index in [9.17, 15) is 4.79 Å². The second kappa shape index (κ2) is 11.3. The van der Waals surface area contributed by atoms with Gasteiger partial charge in [-0.05, 0) is 37.0 Å². The van der Waals surface area contributed by atoms with Gasteiger partial charge in [0, 0.05) is 6.54 Å². The normalized spacial score (nSPS) is 11.0. The van der Waals surface area contributed by atoms with Crippen LogP contribution in [0, 0.1) is 5.92 Å². The van der Waals surface area contributed by atoms with Crippen molar-refractivity contribution in [2.75, 3.05) is 13.2 Å². The van der Waals surface area contributed by atoms with Gasteiger partial charge in [0.25, 0.3) is 0 Å². The van der Waals surface area contributed by atoms with Crippen LogP contribution in [-0.4, -0.2) is 25.1 Å². The van der Waals surface area contributed by atoms with Gasteiger partial charge in [-0.25, -0.2) is 9.79 Å². The van der Waals surface area contributed by atoms with Crippen molar-refractivity contribution >= 4 is 35.9 Å². The van der Waals surface area contributed by atoms with Crippen molar-refractivity contribution in [3.05, 3.63) is 35.4 Å². The molecule has 0 aromatic heterocycles. The minimum atomic E-state index is -0.303. The Morgan fingerprint density at radius 2 is 1.95 bits per heavy atom. The summed E-state index contributed by atoms with van der Waals surface area (Å²) in [6.45, 7) is 7.82. The number of nitrogens with one attached hydrogen (secondary N) is 1. The third-order valence-electron chi connectivity index (χ3n) is 2.92. The zero-order valence-corrected chi connectivity index (χ0v) is 15.8. The van der Waals surface area contributed by atoms with Crippen molar-refractivity contribution in [2.45, 2.75) is 33.7 Å². The Balaban J connectivity index is 0.00000441. The first-order chi connectivity index (χ1) is 10.0. The molecular formula is C16H26IN3O2. The first-order valence-electron chi connectivity index (χ1n) is 7.32. The Bertz CT molecular complexity index is 473. The Kier molecular flexibility index (Phi) is 10.6. The Morgan fingerprint density at radius 3 is 2.50 bits per heavy atom. The number of guanidine groups is 1. The summed E-state index contributed by atoms with van der Waals surface area (Å²) in [5, 5.41) is 3.08. The third-order valence-corrected chi connectivity index (χ3v) is 2.92. The SMILES string of the molecule is CCOC(=O)c1ccc(CN=C(N)NCCC(C)C)cc1.I. The Hall–Kier alpha value is -1.31. The van der Waals surface area contributed by atoms with E-state index in [1.54, 1.807) is 19.1 Å². The average Bonchev–Trinajstić information content (AvgIpc) is 2.45. The van der Waals surface area contributed by atoms with Crippen LogP contribution in [0.2, 0.25) is 0 Å². The van der Waals surface area contributed by atoms with Gasteiger partial charge in [0.1, 0.15) is 0 Å². The predicted octanol–water partition coefficient (Wildman–Crippen LogP) is 2.93. The summed E-state index contributed by atoms with van der Waals surface area (Å²) < 4.78 is 4.93. The minimum Gasteiger partial charge on any atom is -0.462 e. The lowest BCUT2D eigenvalue weighted by molar-refractivity contribution is 0.0526. The highest BCUT2D eigenvalue weighted by Crippen LogP contribution is 2.07. The molecule has 22 heavy (non-hydrogen) atoms. The molecular weight excluding hydrogens is 393 g/mol. The zero-order valence-electron chi connectivity index (χ0n) is 13.5. The molecule has 0 bridgehead atoms. The number of esters is 1. The van der Waals surface area contributed by atoms with Gasteiger partial charge in [0.15, 0.2) is 5.96 Å². The van der Waals surface area contributed by atoms with E-state index >= 15 is 0 Å². The molecule has 0 saturated carbocycles. The van der Waals surface area contributed by atoms with Crippen LogP contribution >= 0.6 is 24.0 Å². The molecule has 0 unspecified atom stereocenters. The van der Waals surface area contributed by atoms with E-state index in [-0.39, 0.29) is 29.9 Å². The first-order valence-corrected chi connectivity index (χ1v) is 7.32. The highest BCUT2D eigenvalue weighted by atomic mass is 127. The van der Waals surface area contributed by atoms with Crippen LogP contribution in [0.25, 0.3) is 0 Å². The fraction of sp³-hybridized carbons (Fsp3) is 0.500. The van der Waals surface area contributed by atoms with Gasteiger partial charge in [-0.2, -0.15) is 0 Å². The van der Waals surface area contributed by atoms with Crippen molar-refractivity contribution in [2.24, 2.45) is 16.6 Å². The second-order valence-electron chi connectivity index (χ2n) is 5.23. The predicted molar refractivity (Wildman–Crippen MR) is 101 cm³/mol. The van der Waals surface area contributed by atoms with E-state index < -0.39 is 0 Å². The molecule has 0 spiro atoms. The molecule has 1 aromatic carbocycles. The lowest BCUT2D eigenvalue weighted by Crippen LogP contribution is -2.32. The summed E-state index contributed by atoms with van der Waals surface area (Å²) in [5.74, 6) is 0.785. The number of benzene rings is 1. The summed E-state index contributed by atoms with van der Waals surface area (Å²) in [6, 6.07) is 7.20. The highest BCUT2D eigenvalue weighted by Gasteiger charge is 2.05. The maximum Gasteiger partial charge on any atom is 0.338 e. The van der Waals surface area contributed by atoms with E-state index in [0.717, 1.165) is 18.5 Å². The molecule has 0 fully saturated rings. The molecule has 0 aliphatic heterocycles. The van der Waals surface area contributed by atoms with E-state index in [2.05, 4.69) is 24.2 Å². The Labute approximate surface area is 149 Å². The van der Waals surface area contributed by atoms with Crippen molar-refractivity contribution in [1.82, 2.24) is 5.32 Å². The van der Waals surface area contributed by atoms with Gasteiger partial charge in [-0.1, -0.05) is 26.0 Å². The molecule has 0 aliphatic rings. The molecule has 0 radical (unpaired) electrons. The van der Waals surface area contributed by atoms with Gasteiger partial charge in [-0.15, -0.1) is 24.0 Å². The quantitative estimate of drug-likeness (QED) is 0.309. The minimum absolute atomic E-state index is 0. The summed E-state index contributed by atoms with van der Waals surface area (Å²) in [4.78, 5) is 15.8. The molecule has 1 rings (SSSR count). The number of nitrogens with zero attached hydrogens (tertiary/aromatic N) is 1. The smallest absolute Gasteiger partial charge is 0.338 e. The molecule has 0 saturated heterocycles. The van der Waals surface area contributed by atoms with Crippen molar-refractivity contribution in [3.8, 4) is 0 Å². The van der Waals surface area contributed by atoms with Gasteiger partial charge in [0.05, 0.1) is 18.7 Å². The maximum absolute atomic E-state index is 11.5. The maximum atomic E-state index is 11.5. The number of hydrogen-bond donors (Lipinski definition) is 2. The van der Waals surface area contributed by atoms with Crippen LogP contribution in [-0.2, 0) is 11.3 Å². The molecule has 124 valence electrons. The van der Waals surface area contributed by atoms with Gasteiger partial charge < -0.3 is 15.8 Å². The highest BCUT2D eigenvalue weighted by molar-refractivity contribution is 14.0. The van der Waals surface area contributed by atoms with E-state index in [0.29, 0.717) is 30.6 Å². The van der Waals surface area contributed by atoms with Crippen molar-refractivity contribution < 1.29 is 9.53 Å². The Morgan fingerprint density at radius 1 is 1.32 bits per heavy atom. The number of hydrogen-bond acceptors (Lipinski definition) is 3. The van der Waals surface area contributed by atoms with Crippen LogP contribution in [0.15, 0.2) is 29.3 Å². The van der Waals surface area contributed by atoms with Crippen LogP contribution in [0.4, 0.5) is 0 Å². The molecule has 5 nitrogen and oxygen atoms in total. The fourth-order valence-electron chi connectivity index (χ4n) is 1.68. The third kappa shape index (κ3) is 8.21. The topological polar surface area (TPSA) is 76.7 Å². The first kappa shape index (κ1) is 20.7. The van der Waals surface area contributed by atoms with Crippen LogP contribution < -0.4 is 11.1 Å². The van der Waals surface area contributed by atoms with Crippen molar-refractivity contribution in [3.63, 3.8) is 0 Å². The second-order valence-corrected chi connectivity index (χ2v) is 5.23. The number of aliphatic imine (C=N–C) groups is 1. The van der Waals surface area contributed by atoms with Crippen LogP contribution in [0.3, 0.4) is 0 Å². The standard InChI is InChI=1S/C16H25N3O2.HI/c1-4-21-15(20)14-7-5-13(6-8-14)11-19-16(17)18-10-9-12(2)3;/h5-8,12H,4,9-11H2,1-3H3,(H3,17,18,19);1H. The fourth-order valence-corrected chi connectivity index (χ4v) is 1.68. The van der Waals surface area contributed by atoms with Gasteiger partial charge >= 0.3 is 5.97 Å². The zero-order chi connectivity index (χ0) is 15.7. The largest absolute Gasteiger partial charge is 0.462 e. The number of halogens is 1. The van der Waals surface area contributed by atoms with E-state index in [4.69, 9.17) is 10.5 Å². The van der Waals surface area contributed by atoms with Gasteiger partial charge in [-0.3, -0.25) is 0 Å². The summed E-state index contributed by atoms with van der Waals surface area (Å²) in [7, 11) is 0. The number of rotatable bonds is 7. The lowest BCUT2D eigenvalue weighted by atomic mass is 10.1. The summed E-state index contributed by atoms with van der Waals surface area (Å²) >= 11 is 0. The van der Waals surface area contributed by atoms with Crippen molar-refractivity contribution in [1.29, 1.82) is 0 Å². The molecule has 0 heterocycles. The summed E-state index contributed by atoms with van der Waals surface area (Å²) in [5.41, 5.74) is 7.34. The lowest BCUT2D eigenvalue weighted by Gasteiger charge is -2.07. The molecule has 0 amide bonds. The van der Waals surface area contributed by atoms with E-state index in [1.165, 1.54) is 0 Å². The monoisotopic (exact) mass is 419 g/mol. The summed E-state index contributed by atoms with van der Waals surface area (Å²) in [6.07, 6.45) is 1.06. The number of carbonyl (C=O) groups is 1. The van der Waals surface area contributed by atoms with E-state index in [1.807, 2.05) is 12.1 Å². The van der Waals surface area contributed by atoms with Gasteiger partial charge in [0.2, 0.25) is 0 Å². The molecule has 0 atom stereocenters. The molecule has 6 heteroatoms. The number of carbonyl (C=O) groups excluding carboxylic acids is 1. The molecule has 0 aliphatic carbocycles. The van der Waals surface area contributed by atoms with Crippen LogP contribution in [0.5, 0.6) is 0 Å². The number of nitrogens with two attached hydrogens (primary N) is 1.